The van der Waals surface area contributed by atoms with Crippen LogP contribution in [0, 0.1) is 0 Å². The summed E-state index contributed by atoms with van der Waals surface area (Å²) in [4.78, 5) is 4.95. The van der Waals surface area contributed by atoms with Gasteiger partial charge in [-0.25, -0.2) is 0 Å². The molecule has 0 aromatic heterocycles. The molecule has 4 nitrogen and oxygen atoms in total. The molecular formula is C17H27N3O. The highest BCUT2D eigenvalue weighted by Gasteiger charge is 2.32. The van der Waals surface area contributed by atoms with Gasteiger partial charge in [-0.1, -0.05) is 30.3 Å². The Morgan fingerprint density at radius 3 is 2.24 bits per heavy atom. The first kappa shape index (κ1) is 15.0. The van der Waals surface area contributed by atoms with Gasteiger partial charge in [-0.05, 0) is 31.5 Å². The fraction of sp³-hybridized carbons (Fsp3) is 0.647. The van der Waals surface area contributed by atoms with Gasteiger partial charge in [-0.3, -0.25) is 9.80 Å². The van der Waals surface area contributed by atoms with Crippen molar-refractivity contribution in [3.05, 3.63) is 35.9 Å². The number of benzene rings is 1. The molecule has 2 fully saturated rings. The van der Waals surface area contributed by atoms with Gasteiger partial charge in [-0.2, -0.15) is 0 Å². The van der Waals surface area contributed by atoms with E-state index >= 15 is 0 Å². The van der Waals surface area contributed by atoms with Crippen LogP contribution < -0.4 is 5.32 Å². The Morgan fingerprint density at radius 1 is 0.952 bits per heavy atom. The van der Waals surface area contributed by atoms with Gasteiger partial charge in [0.05, 0.1) is 5.60 Å². The van der Waals surface area contributed by atoms with Gasteiger partial charge in [0.1, 0.15) is 0 Å². The van der Waals surface area contributed by atoms with Crippen LogP contribution in [0.15, 0.2) is 30.3 Å². The van der Waals surface area contributed by atoms with E-state index in [9.17, 15) is 5.11 Å². The zero-order chi connectivity index (χ0) is 14.5. The molecule has 0 unspecified atom stereocenters. The lowest BCUT2D eigenvalue weighted by atomic mass is 9.91. The molecule has 116 valence electrons. The number of aliphatic hydroxyl groups is 1. The van der Waals surface area contributed by atoms with Gasteiger partial charge >= 0.3 is 0 Å². The first-order valence-electron chi connectivity index (χ1n) is 8.15. The Labute approximate surface area is 127 Å². The molecule has 0 spiro atoms. The topological polar surface area (TPSA) is 38.7 Å². The lowest BCUT2D eigenvalue weighted by Gasteiger charge is -2.41. The van der Waals surface area contributed by atoms with E-state index in [-0.39, 0.29) is 0 Å². The summed E-state index contributed by atoms with van der Waals surface area (Å²) in [5.74, 6) is 0. The highest BCUT2D eigenvalue weighted by molar-refractivity contribution is 5.14. The standard InChI is InChI=1S/C17H27N3O/c21-17(6-8-18-9-7-17)15-20-12-10-19(11-13-20)14-16-4-2-1-3-5-16/h1-5,18,21H,6-15H2. The number of rotatable bonds is 4. The quantitative estimate of drug-likeness (QED) is 0.864. The maximum atomic E-state index is 10.6. The number of nitrogens with one attached hydrogen (secondary N) is 1. The molecule has 0 saturated carbocycles. The average molecular weight is 289 g/mol. The Morgan fingerprint density at radius 2 is 1.57 bits per heavy atom. The molecule has 0 atom stereocenters. The van der Waals surface area contributed by atoms with Crippen molar-refractivity contribution >= 4 is 0 Å². The Kier molecular flexibility index (Phi) is 4.91. The number of hydrogen-bond acceptors (Lipinski definition) is 4. The predicted octanol–water partition coefficient (Wildman–Crippen LogP) is 0.919. The molecule has 3 rings (SSSR count). The maximum Gasteiger partial charge on any atom is 0.0798 e. The van der Waals surface area contributed by atoms with Crippen molar-refractivity contribution in [1.29, 1.82) is 0 Å². The zero-order valence-electron chi connectivity index (χ0n) is 12.8. The minimum absolute atomic E-state index is 0.465. The summed E-state index contributed by atoms with van der Waals surface area (Å²) in [6, 6.07) is 10.7. The molecule has 4 heteroatoms. The summed E-state index contributed by atoms with van der Waals surface area (Å²) in [7, 11) is 0. The van der Waals surface area contributed by atoms with Gasteiger partial charge < -0.3 is 10.4 Å². The largest absolute Gasteiger partial charge is 0.388 e. The van der Waals surface area contributed by atoms with Crippen LogP contribution in [0.1, 0.15) is 18.4 Å². The van der Waals surface area contributed by atoms with Gasteiger partial charge in [0.15, 0.2) is 0 Å². The first-order valence-corrected chi connectivity index (χ1v) is 8.15. The van der Waals surface area contributed by atoms with Crippen molar-refractivity contribution in [3.8, 4) is 0 Å². The molecule has 2 saturated heterocycles. The molecule has 2 heterocycles. The summed E-state index contributed by atoms with van der Waals surface area (Å²) >= 11 is 0. The second-order valence-corrected chi connectivity index (χ2v) is 6.51. The SMILES string of the molecule is OC1(CN2CCN(Cc3ccccc3)CC2)CCNCC1. The van der Waals surface area contributed by atoms with E-state index in [1.165, 1.54) is 5.56 Å². The van der Waals surface area contributed by atoms with Crippen LogP contribution in [-0.4, -0.2) is 66.3 Å². The van der Waals surface area contributed by atoms with E-state index in [1.807, 2.05) is 0 Å². The minimum atomic E-state index is -0.465. The van der Waals surface area contributed by atoms with Crippen molar-refractivity contribution < 1.29 is 5.11 Å². The van der Waals surface area contributed by atoms with Crippen molar-refractivity contribution in [1.82, 2.24) is 15.1 Å². The van der Waals surface area contributed by atoms with Crippen LogP contribution in [0.2, 0.25) is 0 Å². The van der Waals surface area contributed by atoms with Crippen LogP contribution in [0.25, 0.3) is 0 Å². The molecule has 0 amide bonds. The van der Waals surface area contributed by atoms with E-state index in [4.69, 9.17) is 0 Å². The third-order valence-corrected chi connectivity index (χ3v) is 4.77. The number of nitrogens with zero attached hydrogens (tertiary/aromatic N) is 2. The second-order valence-electron chi connectivity index (χ2n) is 6.51. The van der Waals surface area contributed by atoms with Crippen LogP contribution in [0.3, 0.4) is 0 Å². The van der Waals surface area contributed by atoms with Crippen molar-refractivity contribution in [2.75, 3.05) is 45.8 Å². The molecule has 1 aromatic rings. The van der Waals surface area contributed by atoms with E-state index in [1.54, 1.807) is 0 Å². The number of piperidine rings is 1. The number of piperazine rings is 1. The Balaban J connectivity index is 1.44. The predicted molar refractivity (Wildman–Crippen MR) is 85.2 cm³/mol. The average Bonchev–Trinajstić information content (AvgIpc) is 2.51. The number of hydrogen-bond donors (Lipinski definition) is 2. The molecule has 2 aliphatic heterocycles. The van der Waals surface area contributed by atoms with Gasteiger partial charge in [0.2, 0.25) is 0 Å². The normalized spacial score (nSPS) is 24.0. The molecular weight excluding hydrogens is 262 g/mol. The Hall–Kier alpha value is -0.940. The number of β-amino-alcohol motifs (C(OH)–C–C–N with tert-alkyl or cyclic N) is 1. The second kappa shape index (κ2) is 6.88. The summed E-state index contributed by atoms with van der Waals surface area (Å²) in [6.45, 7) is 8.13. The summed E-state index contributed by atoms with van der Waals surface area (Å²) in [5, 5.41) is 14.0. The highest BCUT2D eigenvalue weighted by Crippen LogP contribution is 2.20. The summed E-state index contributed by atoms with van der Waals surface area (Å²) in [5.41, 5.74) is 0.926. The molecule has 0 radical (unpaired) electrons. The molecule has 0 aliphatic carbocycles. The lowest BCUT2D eigenvalue weighted by Crippen LogP contribution is -2.54. The fourth-order valence-electron chi connectivity index (χ4n) is 3.41. The molecule has 21 heavy (non-hydrogen) atoms. The molecule has 2 N–H and O–H groups in total. The van der Waals surface area contributed by atoms with E-state index < -0.39 is 5.60 Å². The molecule has 0 bridgehead atoms. The van der Waals surface area contributed by atoms with Gasteiger partial charge in [0, 0.05) is 39.3 Å². The maximum absolute atomic E-state index is 10.6. The van der Waals surface area contributed by atoms with Gasteiger partial charge in [-0.15, -0.1) is 0 Å². The first-order chi connectivity index (χ1) is 10.2. The van der Waals surface area contributed by atoms with E-state index in [2.05, 4.69) is 45.4 Å². The van der Waals surface area contributed by atoms with Crippen LogP contribution in [0.4, 0.5) is 0 Å². The van der Waals surface area contributed by atoms with Crippen LogP contribution in [0.5, 0.6) is 0 Å². The van der Waals surface area contributed by atoms with E-state index in [0.717, 1.165) is 65.2 Å². The summed E-state index contributed by atoms with van der Waals surface area (Å²) < 4.78 is 0. The van der Waals surface area contributed by atoms with Crippen LogP contribution in [-0.2, 0) is 6.54 Å². The zero-order valence-corrected chi connectivity index (χ0v) is 12.8. The molecule has 1 aromatic carbocycles. The van der Waals surface area contributed by atoms with Gasteiger partial charge in [0.25, 0.3) is 0 Å². The van der Waals surface area contributed by atoms with E-state index in [0.29, 0.717) is 0 Å². The Bertz CT molecular complexity index is 423. The monoisotopic (exact) mass is 289 g/mol. The van der Waals surface area contributed by atoms with Crippen molar-refractivity contribution in [3.63, 3.8) is 0 Å². The summed E-state index contributed by atoms with van der Waals surface area (Å²) in [6.07, 6.45) is 1.77. The fourth-order valence-corrected chi connectivity index (χ4v) is 3.41. The lowest BCUT2D eigenvalue weighted by molar-refractivity contribution is -0.0312. The molecule has 2 aliphatic rings. The minimum Gasteiger partial charge on any atom is -0.388 e. The third-order valence-electron chi connectivity index (χ3n) is 4.77. The highest BCUT2D eigenvalue weighted by atomic mass is 16.3. The van der Waals surface area contributed by atoms with Crippen molar-refractivity contribution in [2.45, 2.75) is 25.0 Å². The smallest absolute Gasteiger partial charge is 0.0798 e. The van der Waals surface area contributed by atoms with Crippen molar-refractivity contribution in [2.24, 2.45) is 0 Å². The van der Waals surface area contributed by atoms with Crippen LogP contribution >= 0.6 is 0 Å². The third kappa shape index (κ3) is 4.27.